The van der Waals surface area contributed by atoms with E-state index in [9.17, 15) is 4.79 Å². The highest BCUT2D eigenvalue weighted by Gasteiger charge is 2.44. The third kappa shape index (κ3) is 4.54. The van der Waals surface area contributed by atoms with Gasteiger partial charge < -0.3 is 9.64 Å². The predicted molar refractivity (Wildman–Crippen MR) is 97.5 cm³/mol. The molecule has 2 rings (SSSR count). The molecule has 1 saturated carbocycles. The normalized spacial score (nSPS) is 23.2. The predicted octanol–water partition coefficient (Wildman–Crippen LogP) is 2.66. The lowest BCUT2D eigenvalue weighted by Crippen LogP contribution is -2.28. The van der Waals surface area contributed by atoms with Gasteiger partial charge in [-0.05, 0) is 25.8 Å². The first-order valence-corrected chi connectivity index (χ1v) is 12.2. The van der Waals surface area contributed by atoms with Crippen molar-refractivity contribution < 1.29 is 9.53 Å². The summed E-state index contributed by atoms with van der Waals surface area (Å²) >= 11 is 0. The lowest BCUT2D eigenvalue weighted by atomic mass is 9.84. The number of carbonyl (C=O) groups is 1. The SMILES string of the molecule is CN(C)C=C1CCC(C)(c2cnn(COCC[Si](C)(C)C)n2)C1=O. The number of aromatic nitrogens is 3. The van der Waals surface area contributed by atoms with E-state index in [0.717, 1.165) is 36.8 Å². The van der Waals surface area contributed by atoms with E-state index in [-0.39, 0.29) is 5.78 Å². The number of ketones is 1. The van der Waals surface area contributed by atoms with Gasteiger partial charge >= 0.3 is 0 Å². The Morgan fingerprint density at radius 3 is 2.75 bits per heavy atom. The number of nitrogens with zero attached hydrogens (tertiary/aromatic N) is 4. The minimum atomic E-state index is -1.08. The van der Waals surface area contributed by atoms with Gasteiger partial charge in [0.1, 0.15) is 0 Å². The summed E-state index contributed by atoms with van der Waals surface area (Å²) in [6.45, 7) is 10.0. The highest BCUT2D eigenvalue weighted by Crippen LogP contribution is 2.39. The molecular weight excluding hydrogens is 320 g/mol. The Hall–Kier alpha value is -1.47. The number of Topliss-reactive ketones (excluding diaryl/α,β-unsaturated/α-hetero) is 1. The molecule has 0 radical (unpaired) electrons. The van der Waals surface area contributed by atoms with Crippen molar-refractivity contribution in [3.8, 4) is 0 Å². The van der Waals surface area contributed by atoms with E-state index < -0.39 is 13.5 Å². The molecule has 0 aliphatic heterocycles. The minimum absolute atomic E-state index is 0.155. The number of allylic oxidation sites excluding steroid dienone is 1. The average Bonchev–Trinajstić information content (AvgIpc) is 3.04. The van der Waals surface area contributed by atoms with Crippen molar-refractivity contribution in [2.75, 3.05) is 20.7 Å². The Labute approximate surface area is 145 Å². The summed E-state index contributed by atoms with van der Waals surface area (Å²) in [6.07, 6.45) is 5.18. The van der Waals surface area contributed by atoms with Crippen LogP contribution in [0.25, 0.3) is 0 Å². The number of hydrogen-bond acceptors (Lipinski definition) is 5. The maximum absolute atomic E-state index is 12.7. The van der Waals surface area contributed by atoms with E-state index in [1.165, 1.54) is 0 Å². The van der Waals surface area contributed by atoms with Crippen LogP contribution in [-0.2, 0) is 21.7 Å². The third-order valence-electron chi connectivity index (χ3n) is 4.41. The molecule has 7 heteroatoms. The smallest absolute Gasteiger partial charge is 0.172 e. The molecule has 1 aliphatic carbocycles. The Morgan fingerprint density at radius 1 is 1.42 bits per heavy atom. The van der Waals surface area contributed by atoms with Gasteiger partial charge in [0.25, 0.3) is 0 Å². The van der Waals surface area contributed by atoms with Crippen molar-refractivity contribution in [2.24, 2.45) is 0 Å². The second kappa shape index (κ2) is 7.19. The number of hydrogen-bond donors (Lipinski definition) is 0. The van der Waals surface area contributed by atoms with E-state index >= 15 is 0 Å². The quantitative estimate of drug-likeness (QED) is 0.430. The second-order valence-corrected chi connectivity index (χ2v) is 13.9. The Kier molecular flexibility index (Phi) is 5.65. The van der Waals surface area contributed by atoms with Crippen LogP contribution in [0.2, 0.25) is 25.7 Å². The fraction of sp³-hybridized carbons (Fsp3) is 0.706. The van der Waals surface area contributed by atoms with Gasteiger partial charge in [0.2, 0.25) is 0 Å². The summed E-state index contributed by atoms with van der Waals surface area (Å²) in [5.41, 5.74) is 1.03. The highest BCUT2D eigenvalue weighted by molar-refractivity contribution is 6.76. The van der Waals surface area contributed by atoms with Gasteiger partial charge in [-0.1, -0.05) is 19.6 Å². The van der Waals surface area contributed by atoms with Crippen molar-refractivity contribution in [1.82, 2.24) is 19.9 Å². The van der Waals surface area contributed by atoms with Crippen LogP contribution in [0.15, 0.2) is 18.0 Å². The standard InChI is InChI=1S/C17H30N4O2Si/c1-17(8-7-14(16(17)22)12-20(2)3)15-11-18-21(19-15)13-23-9-10-24(4,5)6/h11-12H,7-10,13H2,1-6H3. The summed E-state index contributed by atoms with van der Waals surface area (Å²) in [7, 11) is 2.79. The largest absolute Gasteiger partial charge is 0.383 e. The molecule has 1 unspecified atom stereocenters. The molecule has 1 aliphatic rings. The van der Waals surface area contributed by atoms with Gasteiger partial charge in [0.15, 0.2) is 12.5 Å². The van der Waals surface area contributed by atoms with Crippen molar-refractivity contribution in [3.05, 3.63) is 23.7 Å². The van der Waals surface area contributed by atoms with Crippen LogP contribution in [0.4, 0.5) is 0 Å². The molecule has 1 fully saturated rings. The van der Waals surface area contributed by atoms with Crippen LogP contribution in [0.1, 0.15) is 25.5 Å². The first kappa shape index (κ1) is 18.9. The first-order valence-electron chi connectivity index (χ1n) is 8.52. The monoisotopic (exact) mass is 350 g/mol. The molecule has 0 bridgehead atoms. The molecule has 0 N–H and O–H groups in total. The van der Waals surface area contributed by atoms with Crippen molar-refractivity contribution >= 4 is 13.9 Å². The van der Waals surface area contributed by atoms with Crippen LogP contribution in [-0.4, -0.2) is 54.5 Å². The first-order chi connectivity index (χ1) is 11.1. The lowest BCUT2D eigenvalue weighted by molar-refractivity contribution is -0.119. The Morgan fingerprint density at radius 2 is 2.12 bits per heavy atom. The zero-order valence-corrected chi connectivity index (χ0v) is 16.8. The van der Waals surface area contributed by atoms with Crippen molar-refractivity contribution in [1.29, 1.82) is 0 Å². The minimum Gasteiger partial charge on any atom is -0.383 e. The van der Waals surface area contributed by atoms with Gasteiger partial charge in [-0.3, -0.25) is 4.79 Å². The molecule has 134 valence electrons. The summed E-state index contributed by atoms with van der Waals surface area (Å²) in [6, 6.07) is 1.12. The average molecular weight is 351 g/mol. The van der Waals surface area contributed by atoms with E-state index in [2.05, 4.69) is 29.8 Å². The van der Waals surface area contributed by atoms with Gasteiger partial charge in [-0.15, -0.1) is 0 Å². The summed E-state index contributed by atoms with van der Waals surface area (Å²) in [4.78, 5) is 16.2. The zero-order valence-electron chi connectivity index (χ0n) is 15.8. The number of ether oxygens (including phenoxy) is 1. The van der Waals surface area contributed by atoms with Gasteiger partial charge in [-0.2, -0.15) is 15.0 Å². The number of rotatable bonds is 7. The van der Waals surface area contributed by atoms with E-state index in [0.29, 0.717) is 6.73 Å². The molecule has 1 heterocycles. The maximum atomic E-state index is 12.7. The summed E-state index contributed by atoms with van der Waals surface area (Å²) in [5.74, 6) is 0.155. The van der Waals surface area contributed by atoms with Crippen LogP contribution >= 0.6 is 0 Å². The zero-order chi connectivity index (χ0) is 18.0. The fourth-order valence-corrected chi connectivity index (χ4v) is 3.54. The van der Waals surface area contributed by atoms with Crippen molar-refractivity contribution in [3.63, 3.8) is 0 Å². The van der Waals surface area contributed by atoms with Gasteiger partial charge in [-0.25, -0.2) is 0 Å². The third-order valence-corrected chi connectivity index (χ3v) is 6.11. The van der Waals surface area contributed by atoms with Gasteiger partial charge in [0.05, 0.1) is 17.3 Å². The summed E-state index contributed by atoms with van der Waals surface area (Å²) < 4.78 is 5.67. The van der Waals surface area contributed by atoms with E-state index in [1.807, 2.05) is 32.1 Å². The van der Waals surface area contributed by atoms with Gasteiger partial charge in [0, 0.05) is 40.5 Å². The topological polar surface area (TPSA) is 60.3 Å². The fourth-order valence-electron chi connectivity index (χ4n) is 2.78. The molecular formula is C17H30N4O2Si. The molecule has 6 nitrogen and oxygen atoms in total. The summed E-state index contributed by atoms with van der Waals surface area (Å²) in [5, 5.41) is 8.76. The molecule has 0 amide bonds. The molecule has 24 heavy (non-hydrogen) atoms. The maximum Gasteiger partial charge on any atom is 0.172 e. The van der Waals surface area contributed by atoms with Crippen LogP contribution in [0, 0.1) is 0 Å². The van der Waals surface area contributed by atoms with Crippen molar-refractivity contribution in [2.45, 2.75) is 57.6 Å². The lowest BCUT2D eigenvalue weighted by Gasteiger charge is -2.18. The Balaban J connectivity index is 1.99. The molecule has 0 saturated heterocycles. The molecule has 1 aromatic rings. The van der Waals surface area contributed by atoms with Crippen LogP contribution < -0.4 is 0 Å². The molecule has 0 spiro atoms. The Bertz CT molecular complexity index is 618. The van der Waals surface area contributed by atoms with E-state index in [1.54, 1.807) is 11.0 Å². The molecule has 1 atom stereocenters. The van der Waals surface area contributed by atoms with E-state index in [4.69, 9.17) is 4.74 Å². The molecule has 1 aromatic heterocycles. The number of carbonyl (C=O) groups excluding carboxylic acids is 1. The molecule has 0 aromatic carbocycles. The van der Waals surface area contributed by atoms with Crippen LogP contribution in [0.5, 0.6) is 0 Å². The second-order valence-electron chi connectivity index (χ2n) is 8.23. The van der Waals surface area contributed by atoms with Crippen LogP contribution in [0.3, 0.4) is 0 Å². The highest BCUT2D eigenvalue weighted by atomic mass is 28.3.